The van der Waals surface area contributed by atoms with Crippen molar-refractivity contribution in [1.29, 1.82) is 0 Å². The van der Waals surface area contributed by atoms with Crippen molar-refractivity contribution in [2.75, 3.05) is 0 Å². The van der Waals surface area contributed by atoms with Gasteiger partial charge in [0.25, 0.3) is 0 Å². The molecule has 0 aromatic carbocycles. The van der Waals surface area contributed by atoms with Gasteiger partial charge in [0.1, 0.15) is 5.78 Å². The smallest absolute Gasteiger partial charge is 0.217 e. The van der Waals surface area contributed by atoms with Crippen molar-refractivity contribution in [2.24, 2.45) is 46.2 Å². The van der Waals surface area contributed by atoms with E-state index in [1.54, 1.807) is 0 Å². The predicted octanol–water partition coefficient (Wildman–Crippen LogP) is 6.96. The molecule has 35 heavy (non-hydrogen) atoms. The van der Waals surface area contributed by atoms with Crippen molar-refractivity contribution in [3.63, 3.8) is 0 Å². The molecule has 0 heterocycles. The highest BCUT2D eigenvalue weighted by Gasteiger charge is 2.62. The van der Waals surface area contributed by atoms with E-state index in [0.717, 1.165) is 56.3 Å². The first-order valence-electron chi connectivity index (χ1n) is 15.2. The maximum absolute atomic E-state index is 12.4. The summed E-state index contributed by atoms with van der Waals surface area (Å²) in [6, 6.07) is 0. The van der Waals surface area contributed by atoms with Gasteiger partial charge in [-0.15, -0.1) is 0 Å². The van der Waals surface area contributed by atoms with Gasteiger partial charge >= 0.3 is 0 Å². The summed E-state index contributed by atoms with van der Waals surface area (Å²) in [5, 5.41) is 10.9. The van der Waals surface area contributed by atoms with Gasteiger partial charge in [-0.3, -0.25) is 9.59 Å². The predicted molar refractivity (Wildman–Crippen MR) is 142 cm³/mol. The minimum atomic E-state index is -0.170. The first kappa shape index (κ1) is 27.1. The van der Waals surface area contributed by atoms with E-state index in [0.29, 0.717) is 29.5 Å². The van der Waals surface area contributed by atoms with Crippen LogP contribution in [0.2, 0.25) is 0 Å². The fourth-order valence-corrected chi connectivity index (χ4v) is 9.43. The van der Waals surface area contributed by atoms with E-state index >= 15 is 0 Å². The maximum Gasteiger partial charge on any atom is 0.217 e. The number of carbonyl (C=O) groups excluding carboxylic acids is 2. The van der Waals surface area contributed by atoms with Crippen molar-refractivity contribution in [1.82, 2.24) is 0 Å². The molecular weight excluding hydrogens is 434 g/mol. The quantitative estimate of drug-likeness (QED) is 0.292. The van der Waals surface area contributed by atoms with Crippen LogP contribution in [-0.2, 0) is 9.59 Å². The molecule has 0 aliphatic heterocycles. The van der Waals surface area contributed by atoms with Crippen LogP contribution in [0, 0.1) is 40.4 Å². The average Bonchev–Trinajstić information content (AvgIpc) is 3.12. The van der Waals surface area contributed by atoms with Crippen LogP contribution < -0.4 is 5.73 Å². The standard InChI is InChI=1S/C31H53NO3/c1-30-18-16-24(33)21-23(30)20-22(12-10-8-6-4-3-5-7-9-11-13-28(32)35)29-25-14-15-27(34)31(25,2)19-17-26(29)30/h22-23,25-27,29,34H,3-21H2,1-2H3,(H2,32,35)/t22-,23+,25+,26+,27+,29+,30+,31+/m1/s1. The van der Waals surface area contributed by atoms with E-state index in [1.807, 2.05) is 0 Å². The third-order valence-electron chi connectivity index (χ3n) is 11.6. The molecule has 200 valence electrons. The highest BCUT2D eigenvalue weighted by molar-refractivity contribution is 5.79. The summed E-state index contributed by atoms with van der Waals surface area (Å²) >= 11 is 0. The zero-order chi connectivity index (χ0) is 25.1. The molecule has 0 bridgehead atoms. The van der Waals surface area contributed by atoms with Gasteiger partial charge in [0, 0.05) is 19.3 Å². The van der Waals surface area contributed by atoms with Crippen LogP contribution in [0.3, 0.4) is 0 Å². The van der Waals surface area contributed by atoms with Crippen molar-refractivity contribution in [2.45, 2.75) is 142 Å². The molecule has 0 spiro atoms. The number of nitrogens with two attached hydrogens (primary N) is 1. The zero-order valence-corrected chi connectivity index (χ0v) is 22.7. The number of hydrogen-bond donors (Lipinski definition) is 2. The minimum absolute atomic E-state index is 0.108. The fourth-order valence-electron chi connectivity index (χ4n) is 9.43. The number of amides is 1. The van der Waals surface area contributed by atoms with Gasteiger partial charge in [0.05, 0.1) is 6.10 Å². The molecule has 4 fully saturated rings. The Morgan fingerprint density at radius 3 is 2.20 bits per heavy atom. The van der Waals surface area contributed by atoms with Gasteiger partial charge in [0.2, 0.25) is 5.91 Å². The summed E-state index contributed by atoms with van der Waals surface area (Å²) in [5.41, 5.74) is 5.69. The number of primary amides is 1. The Balaban J connectivity index is 1.28. The average molecular weight is 488 g/mol. The van der Waals surface area contributed by atoms with E-state index in [4.69, 9.17) is 5.73 Å². The van der Waals surface area contributed by atoms with E-state index in [2.05, 4.69) is 13.8 Å². The Kier molecular flexibility index (Phi) is 9.04. The number of unbranched alkanes of at least 4 members (excludes halogenated alkanes) is 8. The molecule has 4 aliphatic carbocycles. The number of ketones is 1. The molecule has 0 saturated heterocycles. The summed E-state index contributed by atoms with van der Waals surface area (Å²) in [4.78, 5) is 23.2. The lowest BCUT2D eigenvalue weighted by molar-refractivity contribution is -0.156. The monoisotopic (exact) mass is 487 g/mol. The molecule has 4 heteroatoms. The van der Waals surface area contributed by atoms with Crippen molar-refractivity contribution in [3.05, 3.63) is 0 Å². The summed E-state index contributed by atoms with van der Waals surface area (Å²) in [7, 11) is 0. The number of carbonyl (C=O) groups is 2. The molecule has 4 rings (SSSR count). The number of aliphatic hydroxyl groups excluding tert-OH is 1. The second-order valence-corrected chi connectivity index (χ2v) is 13.6. The number of aliphatic hydroxyl groups is 1. The van der Waals surface area contributed by atoms with Crippen LogP contribution in [0.5, 0.6) is 0 Å². The van der Waals surface area contributed by atoms with Crippen LogP contribution in [0.1, 0.15) is 136 Å². The largest absolute Gasteiger partial charge is 0.393 e. The summed E-state index contributed by atoms with van der Waals surface area (Å²) in [6.07, 6.45) is 21.7. The van der Waals surface area contributed by atoms with E-state index in [1.165, 1.54) is 77.0 Å². The Hall–Kier alpha value is -0.900. The van der Waals surface area contributed by atoms with Crippen molar-refractivity contribution in [3.8, 4) is 0 Å². The van der Waals surface area contributed by atoms with Crippen LogP contribution in [-0.4, -0.2) is 22.9 Å². The van der Waals surface area contributed by atoms with Gasteiger partial charge in [-0.05, 0) is 85.4 Å². The number of Topliss-reactive ketones (excluding diaryl/α,β-unsaturated/α-hetero) is 1. The van der Waals surface area contributed by atoms with Gasteiger partial charge in [-0.1, -0.05) is 71.6 Å². The molecule has 1 amide bonds. The summed E-state index contributed by atoms with van der Waals surface area (Å²) in [5.74, 6) is 3.90. The molecule has 4 aliphatic rings. The van der Waals surface area contributed by atoms with Crippen LogP contribution in [0.25, 0.3) is 0 Å². The zero-order valence-electron chi connectivity index (χ0n) is 22.7. The molecule has 0 unspecified atom stereocenters. The number of hydrogen-bond acceptors (Lipinski definition) is 3. The first-order valence-corrected chi connectivity index (χ1v) is 15.2. The van der Waals surface area contributed by atoms with Crippen LogP contribution in [0.15, 0.2) is 0 Å². The highest BCUT2D eigenvalue weighted by Crippen LogP contribution is 2.67. The second-order valence-electron chi connectivity index (χ2n) is 13.6. The molecule has 8 atom stereocenters. The maximum atomic E-state index is 12.4. The lowest BCUT2D eigenvalue weighted by atomic mass is 9.42. The summed E-state index contributed by atoms with van der Waals surface area (Å²) in [6.45, 7) is 4.94. The third-order valence-corrected chi connectivity index (χ3v) is 11.6. The lowest BCUT2D eigenvalue weighted by Gasteiger charge is -2.62. The third kappa shape index (κ3) is 5.83. The van der Waals surface area contributed by atoms with E-state index in [-0.39, 0.29) is 17.4 Å². The van der Waals surface area contributed by atoms with Gasteiger partial charge in [-0.25, -0.2) is 0 Å². The SMILES string of the molecule is C[C@]12CCC(=O)C[C@@H]1C[C@@H](CCCCCCCCCCCC(N)=O)[C@@H]1[C@@H]2CC[C@]2(C)[C@@H](O)CC[C@@H]12. The van der Waals surface area contributed by atoms with Crippen molar-refractivity contribution >= 4 is 11.7 Å². The topological polar surface area (TPSA) is 80.4 Å². The Bertz CT molecular complexity index is 737. The van der Waals surface area contributed by atoms with Gasteiger partial charge in [-0.2, -0.15) is 0 Å². The van der Waals surface area contributed by atoms with Crippen LogP contribution in [0.4, 0.5) is 0 Å². The first-order chi connectivity index (χ1) is 16.8. The Morgan fingerprint density at radius 1 is 0.886 bits per heavy atom. The van der Waals surface area contributed by atoms with Crippen LogP contribution >= 0.6 is 0 Å². The second kappa shape index (κ2) is 11.7. The van der Waals surface area contributed by atoms with Crippen molar-refractivity contribution < 1.29 is 14.7 Å². The molecule has 4 nitrogen and oxygen atoms in total. The molecule has 4 saturated carbocycles. The molecular formula is C31H53NO3. The molecule has 3 N–H and O–H groups in total. The summed E-state index contributed by atoms with van der Waals surface area (Å²) < 4.78 is 0. The van der Waals surface area contributed by atoms with E-state index in [9.17, 15) is 14.7 Å². The van der Waals surface area contributed by atoms with Gasteiger partial charge in [0.15, 0.2) is 0 Å². The Morgan fingerprint density at radius 2 is 1.51 bits per heavy atom. The Labute approximate surface area is 214 Å². The fraction of sp³-hybridized carbons (Fsp3) is 0.935. The van der Waals surface area contributed by atoms with Gasteiger partial charge < -0.3 is 10.8 Å². The minimum Gasteiger partial charge on any atom is -0.393 e. The normalized spacial score (nSPS) is 40.7. The molecule has 0 radical (unpaired) electrons. The lowest BCUT2D eigenvalue weighted by Crippen LogP contribution is -2.57. The molecule has 0 aromatic heterocycles. The van der Waals surface area contributed by atoms with E-state index < -0.39 is 0 Å². The number of rotatable bonds is 12. The number of fused-ring (bicyclic) bond motifs is 5. The molecule has 0 aromatic rings. The highest BCUT2D eigenvalue weighted by atomic mass is 16.3.